The zero-order chi connectivity index (χ0) is 12.7. The summed E-state index contributed by atoms with van der Waals surface area (Å²) in [7, 11) is 1.58. The van der Waals surface area contributed by atoms with E-state index in [-0.39, 0.29) is 12.4 Å². The van der Waals surface area contributed by atoms with Gasteiger partial charge in [0.1, 0.15) is 0 Å². The normalized spacial score (nSPS) is 9.82. The highest BCUT2D eigenvalue weighted by Crippen LogP contribution is 2.28. The lowest BCUT2D eigenvalue weighted by Crippen LogP contribution is -2.07. The van der Waals surface area contributed by atoms with Gasteiger partial charge in [0.2, 0.25) is 0 Å². The maximum atomic E-state index is 11.3. The van der Waals surface area contributed by atoms with Gasteiger partial charge in [-0.2, -0.15) is 0 Å². The molecular formula is C13H18O4. The first-order valence-electron chi connectivity index (χ1n) is 5.66. The summed E-state index contributed by atoms with van der Waals surface area (Å²) in [5.41, 5.74) is 0.851. The number of carbonyl (C=O) groups excluding carboxylic acids is 1. The van der Waals surface area contributed by atoms with Crippen LogP contribution in [0.4, 0.5) is 0 Å². The van der Waals surface area contributed by atoms with Crippen molar-refractivity contribution in [3.63, 3.8) is 0 Å². The van der Waals surface area contributed by atoms with E-state index in [1.54, 1.807) is 26.2 Å². The van der Waals surface area contributed by atoms with Crippen molar-refractivity contribution in [2.75, 3.05) is 20.3 Å². The summed E-state index contributed by atoms with van der Waals surface area (Å²) in [6.07, 6.45) is 0.247. The molecule has 1 aromatic carbocycles. The molecule has 0 aliphatic rings. The predicted octanol–water partition coefficient (Wildman–Crippen LogP) is 2.20. The summed E-state index contributed by atoms with van der Waals surface area (Å²) in [5, 5.41) is 0. The topological polar surface area (TPSA) is 44.8 Å². The Bertz CT molecular complexity index is 374. The molecule has 4 nitrogen and oxygen atoms in total. The van der Waals surface area contributed by atoms with E-state index in [0.717, 1.165) is 5.56 Å². The molecule has 0 aliphatic heterocycles. The van der Waals surface area contributed by atoms with Crippen molar-refractivity contribution in [2.24, 2.45) is 0 Å². The number of hydrogen-bond acceptors (Lipinski definition) is 4. The van der Waals surface area contributed by atoms with Crippen molar-refractivity contribution in [3.8, 4) is 11.5 Å². The van der Waals surface area contributed by atoms with Crippen molar-refractivity contribution < 1.29 is 19.0 Å². The molecule has 0 saturated heterocycles. The van der Waals surface area contributed by atoms with Crippen LogP contribution in [0, 0.1) is 0 Å². The zero-order valence-electron chi connectivity index (χ0n) is 10.5. The van der Waals surface area contributed by atoms with E-state index in [0.29, 0.717) is 24.7 Å². The maximum absolute atomic E-state index is 11.3. The number of esters is 1. The van der Waals surface area contributed by atoms with E-state index < -0.39 is 0 Å². The summed E-state index contributed by atoms with van der Waals surface area (Å²) >= 11 is 0. The van der Waals surface area contributed by atoms with E-state index >= 15 is 0 Å². The molecule has 94 valence electrons. The van der Waals surface area contributed by atoms with Gasteiger partial charge in [-0.05, 0) is 31.5 Å². The minimum Gasteiger partial charge on any atom is -0.493 e. The van der Waals surface area contributed by atoms with Crippen molar-refractivity contribution in [3.05, 3.63) is 23.8 Å². The first-order chi connectivity index (χ1) is 8.21. The molecule has 0 amide bonds. The van der Waals surface area contributed by atoms with Crippen LogP contribution in [-0.2, 0) is 16.0 Å². The highest BCUT2D eigenvalue weighted by atomic mass is 16.5. The van der Waals surface area contributed by atoms with Gasteiger partial charge in [-0.25, -0.2) is 0 Å². The van der Waals surface area contributed by atoms with Crippen LogP contribution in [0.2, 0.25) is 0 Å². The summed E-state index contributed by atoms with van der Waals surface area (Å²) < 4.78 is 15.5. The molecular weight excluding hydrogens is 220 g/mol. The molecule has 0 bridgehead atoms. The quantitative estimate of drug-likeness (QED) is 0.713. The average molecular weight is 238 g/mol. The predicted molar refractivity (Wildman–Crippen MR) is 64.5 cm³/mol. The van der Waals surface area contributed by atoms with Gasteiger partial charge >= 0.3 is 5.97 Å². The van der Waals surface area contributed by atoms with Gasteiger partial charge in [-0.1, -0.05) is 6.07 Å². The molecule has 4 heteroatoms. The Balaban J connectivity index is 2.78. The molecule has 0 spiro atoms. The average Bonchev–Trinajstić information content (AvgIpc) is 2.31. The number of ether oxygens (including phenoxy) is 3. The van der Waals surface area contributed by atoms with E-state index in [9.17, 15) is 4.79 Å². The van der Waals surface area contributed by atoms with Crippen molar-refractivity contribution in [1.82, 2.24) is 0 Å². The van der Waals surface area contributed by atoms with Crippen LogP contribution in [0.5, 0.6) is 11.5 Å². The third-order valence-electron chi connectivity index (χ3n) is 2.18. The Morgan fingerprint density at radius 3 is 2.53 bits per heavy atom. The number of benzene rings is 1. The van der Waals surface area contributed by atoms with Gasteiger partial charge in [0.25, 0.3) is 0 Å². The second-order valence-electron chi connectivity index (χ2n) is 3.40. The monoisotopic (exact) mass is 238 g/mol. The van der Waals surface area contributed by atoms with Crippen LogP contribution in [0.1, 0.15) is 19.4 Å². The van der Waals surface area contributed by atoms with Crippen LogP contribution in [0.3, 0.4) is 0 Å². The summed E-state index contributed by atoms with van der Waals surface area (Å²) in [6, 6.07) is 5.43. The van der Waals surface area contributed by atoms with Gasteiger partial charge in [0, 0.05) is 0 Å². The van der Waals surface area contributed by atoms with Crippen LogP contribution in [-0.4, -0.2) is 26.3 Å². The Kier molecular flexibility index (Phi) is 5.33. The molecule has 0 radical (unpaired) electrons. The molecule has 17 heavy (non-hydrogen) atoms. The van der Waals surface area contributed by atoms with E-state index in [4.69, 9.17) is 14.2 Å². The SMILES string of the molecule is CCOC(=O)Cc1ccc(OCC)c(OC)c1. The molecule has 1 aromatic rings. The van der Waals surface area contributed by atoms with Gasteiger partial charge < -0.3 is 14.2 Å². The number of rotatable bonds is 6. The van der Waals surface area contributed by atoms with E-state index in [1.807, 2.05) is 13.0 Å². The van der Waals surface area contributed by atoms with Gasteiger partial charge in [0.15, 0.2) is 11.5 Å². The minimum absolute atomic E-state index is 0.237. The Hall–Kier alpha value is -1.71. The highest BCUT2D eigenvalue weighted by Gasteiger charge is 2.08. The number of methoxy groups -OCH3 is 1. The van der Waals surface area contributed by atoms with Crippen LogP contribution < -0.4 is 9.47 Å². The molecule has 0 aliphatic carbocycles. The first kappa shape index (κ1) is 13.4. The smallest absolute Gasteiger partial charge is 0.310 e. The maximum Gasteiger partial charge on any atom is 0.310 e. The molecule has 0 heterocycles. The summed E-state index contributed by atoms with van der Waals surface area (Å²) in [5.74, 6) is 1.08. The lowest BCUT2D eigenvalue weighted by molar-refractivity contribution is -0.142. The van der Waals surface area contributed by atoms with Crippen LogP contribution >= 0.6 is 0 Å². The third kappa shape index (κ3) is 3.98. The minimum atomic E-state index is -0.237. The molecule has 1 rings (SSSR count). The lowest BCUT2D eigenvalue weighted by Gasteiger charge is -2.10. The Morgan fingerprint density at radius 2 is 1.94 bits per heavy atom. The fraction of sp³-hybridized carbons (Fsp3) is 0.462. The second kappa shape index (κ2) is 6.78. The number of hydrogen-bond donors (Lipinski definition) is 0. The highest BCUT2D eigenvalue weighted by molar-refractivity contribution is 5.72. The standard InChI is InChI=1S/C13H18O4/c1-4-16-11-7-6-10(8-12(11)15-3)9-13(14)17-5-2/h6-8H,4-5,9H2,1-3H3. The molecule has 0 saturated carbocycles. The molecule has 0 atom stereocenters. The first-order valence-corrected chi connectivity index (χ1v) is 5.66. The van der Waals surface area contributed by atoms with Crippen molar-refractivity contribution >= 4 is 5.97 Å². The fourth-order valence-corrected chi connectivity index (χ4v) is 1.48. The fourth-order valence-electron chi connectivity index (χ4n) is 1.48. The largest absolute Gasteiger partial charge is 0.493 e. The molecule has 0 aromatic heterocycles. The second-order valence-corrected chi connectivity index (χ2v) is 3.40. The zero-order valence-corrected chi connectivity index (χ0v) is 10.5. The number of carbonyl (C=O) groups is 1. The molecule has 0 N–H and O–H groups in total. The summed E-state index contributed by atoms with van der Waals surface area (Å²) in [4.78, 5) is 11.3. The molecule has 0 unspecified atom stereocenters. The van der Waals surface area contributed by atoms with Gasteiger partial charge in [-0.15, -0.1) is 0 Å². The third-order valence-corrected chi connectivity index (χ3v) is 2.18. The van der Waals surface area contributed by atoms with Crippen LogP contribution in [0.15, 0.2) is 18.2 Å². The van der Waals surface area contributed by atoms with Crippen LogP contribution in [0.25, 0.3) is 0 Å². The van der Waals surface area contributed by atoms with Crippen molar-refractivity contribution in [1.29, 1.82) is 0 Å². The van der Waals surface area contributed by atoms with E-state index in [1.165, 1.54) is 0 Å². The Morgan fingerprint density at radius 1 is 1.18 bits per heavy atom. The Labute approximate surface area is 101 Å². The summed E-state index contributed by atoms with van der Waals surface area (Å²) in [6.45, 7) is 4.67. The lowest BCUT2D eigenvalue weighted by atomic mass is 10.1. The van der Waals surface area contributed by atoms with E-state index in [2.05, 4.69) is 0 Å². The van der Waals surface area contributed by atoms with Crippen molar-refractivity contribution in [2.45, 2.75) is 20.3 Å². The van der Waals surface area contributed by atoms with Gasteiger partial charge in [-0.3, -0.25) is 4.79 Å². The molecule has 0 fully saturated rings. The van der Waals surface area contributed by atoms with Gasteiger partial charge in [0.05, 0.1) is 26.7 Å².